The minimum absolute atomic E-state index is 0.0441. The van der Waals surface area contributed by atoms with Crippen molar-refractivity contribution in [2.24, 2.45) is 0 Å². The average Bonchev–Trinajstić information content (AvgIpc) is 3.02. The molecule has 3 unspecified atom stereocenters. The highest BCUT2D eigenvalue weighted by Crippen LogP contribution is 2.26. The van der Waals surface area contributed by atoms with E-state index in [-0.39, 0.29) is 11.3 Å². The summed E-state index contributed by atoms with van der Waals surface area (Å²) in [6.45, 7) is 5.15. The van der Waals surface area contributed by atoms with E-state index < -0.39 is 10.8 Å². The first-order valence-corrected chi connectivity index (χ1v) is 9.05. The van der Waals surface area contributed by atoms with E-state index >= 15 is 0 Å². The molecule has 3 atom stereocenters. The summed E-state index contributed by atoms with van der Waals surface area (Å²) >= 11 is 1.57. The van der Waals surface area contributed by atoms with Crippen molar-refractivity contribution in [2.75, 3.05) is 6.54 Å². The molecule has 0 aliphatic heterocycles. The monoisotopic (exact) mass is 307 g/mol. The van der Waals surface area contributed by atoms with Crippen LogP contribution in [0.1, 0.15) is 31.9 Å². The van der Waals surface area contributed by atoms with Gasteiger partial charge in [-0.25, -0.2) is 0 Å². The summed E-state index contributed by atoms with van der Waals surface area (Å²) in [6.07, 6.45) is 1.07. The Morgan fingerprint density at radius 2 is 1.95 bits per heavy atom. The fraction of sp³-hybridized carbons (Fsp3) is 0.375. The van der Waals surface area contributed by atoms with E-state index in [2.05, 4.69) is 31.3 Å². The lowest BCUT2D eigenvalue weighted by molar-refractivity contribution is 0.518. The third-order valence-electron chi connectivity index (χ3n) is 3.27. The molecule has 108 valence electrons. The number of nitrogens with one attached hydrogen (secondary N) is 1. The highest BCUT2D eigenvalue weighted by Gasteiger charge is 2.25. The zero-order valence-corrected chi connectivity index (χ0v) is 13.5. The average molecular weight is 307 g/mol. The van der Waals surface area contributed by atoms with Gasteiger partial charge in [-0.1, -0.05) is 43.3 Å². The Labute approximate surface area is 127 Å². The zero-order chi connectivity index (χ0) is 14.4. The van der Waals surface area contributed by atoms with Crippen molar-refractivity contribution in [3.05, 3.63) is 53.4 Å². The van der Waals surface area contributed by atoms with E-state index in [0.29, 0.717) is 0 Å². The van der Waals surface area contributed by atoms with E-state index in [1.807, 2.05) is 35.7 Å². The van der Waals surface area contributed by atoms with Gasteiger partial charge in [0.25, 0.3) is 0 Å². The van der Waals surface area contributed by atoms with Crippen LogP contribution in [-0.2, 0) is 10.8 Å². The van der Waals surface area contributed by atoms with E-state index in [1.165, 1.54) is 5.56 Å². The second-order valence-corrected chi connectivity index (χ2v) is 7.76. The lowest BCUT2D eigenvalue weighted by Crippen LogP contribution is -2.33. The fourth-order valence-corrected chi connectivity index (χ4v) is 4.73. The molecule has 2 rings (SSSR count). The molecule has 0 aliphatic rings. The number of hydrogen-bond donors (Lipinski definition) is 1. The third-order valence-corrected chi connectivity index (χ3v) is 6.20. The molecule has 0 bridgehead atoms. The summed E-state index contributed by atoms with van der Waals surface area (Å²) < 4.78 is 13.6. The first kappa shape index (κ1) is 15.4. The van der Waals surface area contributed by atoms with Crippen LogP contribution in [0.25, 0.3) is 0 Å². The fourth-order valence-electron chi connectivity index (χ4n) is 2.20. The standard InChI is InChI=1S/C16H21NOS2/c1-3-11-17-16(14-8-5-4-6-9-14)13(2)20(18)15-10-7-12-19-15/h4-10,12-13,16-17H,3,11H2,1-2H3. The van der Waals surface area contributed by atoms with Crippen molar-refractivity contribution >= 4 is 22.1 Å². The van der Waals surface area contributed by atoms with E-state index in [9.17, 15) is 4.21 Å². The van der Waals surface area contributed by atoms with Crippen molar-refractivity contribution in [1.29, 1.82) is 0 Å². The molecule has 4 heteroatoms. The van der Waals surface area contributed by atoms with Crippen LogP contribution in [0.2, 0.25) is 0 Å². The van der Waals surface area contributed by atoms with Crippen LogP contribution in [0.4, 0.5) is 0 Å². The molecule has 2 aromatic rings. The second kappa shape index (κ2) is 7.72. The van der Waals surface area contributed by atoms with Gasteiger partial charge in [0.15, 0.2) is 0 Å². The Hall–Kier alpha value is -0.970. The summed E-state index contributed by atoms with van der Waals surface area (Å²) in [6, 6.07) is 14.3. The van der Waals surface area contributed by atoms with Crippen molar-refractivity contribution in [1.82, 2.24) is 5.32 Å². The Bertz CT molecular complexity index is 525. The van der Waals surface area contributed by atoms with E-state index in [4.69, 9.17) is 0 Å². The minimum Gasteiger partial charge on any atom is -0.309 e. The predicted molar refractivity (Wildman–Crippen MR) is 87.7 cm³/mol. The van der Waals surface area contributed by atoms with Gasteiger partial charge < -0.3 is 5.32 Å². The molecule has 2 nitrogen and oxygen atoms in total. The first-order valence-electron chi connectivity index (χ1n) is 6.96. The molecule has 0 spiro atoms. The molecule has 0 saturated heterocycles. The molecule has 1 N–H and O–H groups in total. The molecule has 1 heterocycles. The predicted octanol–water partition coefficient (Wildman–Crippen LogP) is 3.99. The summed E-state index contributed by atoms with van der Waals surface area (Å²) in [5, 5.41) is 5.57. The number of benzene rings is 1. The SMILES string of the molecule is CCCNC(c1ccccc1)C(C)S(=O)c1cccs1. The summed E-state index contributed by atoms with van der Waals surface area (Å²) in [5.41, 5.74) is 1.21. The van der Waals surface area contributed by atoms with Crippen molar-refractivity contribution in [2.45, 2.75) is 35.8 Å². The number of thiophene rings is 1. The largest absolute Gasteiger partial charge is 0.309 e. The van der Waals surface area contributed by atoms with Crippen LogP contribution < -0.4 is 5.32 Å². The van der Waals surface area contributed by atoms with Gasteiger partial charge in [-0.3, -0.25) is 4.21 Å². The third kappa shape index (κ3) is 3.78. The van der Waals surface area contributed by atoms with Gasteiger partial charge in [0, 0.05) is 6.04 Å². The Kier molecular flexibility index (Phi) is 5.95. The maximum Gasteiger partial charge on any atom is 0.0914 e. The Morgan fingerprint density at radius 3 is 2.55 bits per heavy atom. The van der Waals surface area contributed by atoms with Gasteiger partial charge in [0.2, 0.25) is 0 Å². The minimum atomic E-state index is -0.975. The molecule has 0 saturated carbocycles. The smallest absolute Gasteiger partial charge is 0.0914 e. The van der Waals surface area contributed by atoms with Crippen LogP contribution in [0.5, 0.6) is 0 Å². The van der Waals surface area contributed by atoms with E-state index in [1.54, 1.807) is 11.3 Å². The summed E-state index contributed by atoms with van der Waals surface area (Å²) in [7, 11) is -0.975. The number of hydrogen-bond acceptors (Lipinski definition) is 3. The maximum atomic E-state index is 12.7. The Morgan fingerprint density at radius 1 is 1.20 bits per heavy atom. The lowest BCUT2D eigenvalue weighted by Gasteiger charge is -2.24. The van der Waals surface area contributed by atoms with Crippen LogP contribution in [0, 0.1) is 0 Å². The zero-order valence-electron chi connectivity index (χ0n) is 11.9. The molecule has 0 fully saturated rings. The molecular formula is C16H21NOS2. The topological polar surface area (TPSA) is 29.1 Å². The van der Waals surface area contributed by atoms with Crippen LogP contribution in [0.15, 0.2) is 52.1 Å². The van der Waals surface area contributed by atoms with Crippen LogP contribution >= 0.6 is 11.3 Å². The maximum absolute atomic E-state index is 12.7. The van der Waals surface area contributed by atoms with Gasteiger partial charge in [-0.15, -0.1) is 11.3 Å². The van der Waals surface area contributed by atoms with Crippen LogP contribution in [0.3, 0.4) is 0 Å². The molecule has 20 heavy (non-hydrogen) atoms. The lowest BCUT2D eigenvalue weighted by atomic mass is 10.0. The molecular weight excluding hydrogens is 286 g/mol. The molecule has 1 aromatic heterocycles. The van der Waals surface area contributed by atoms with Crippen LogP contribution in [-0.4, -0.2) is 16.0 Å². The highest BCUT2D eigenvalue weighted by atomic mass is 32.2. The van der Waals surface area contributed by atoms with Crippen molar-refractivity contribution < 1.29 is 4.21 Å². The Balaban J connectivity index is 2.20. The van der Waals surface area contributed by atoms with Gasteiger partial charge in [0.05, 0.1) is 20.3 Å². The second-order valence-electron chi connectivity index (χ2n) is 4.78. The molecule has 0 amide bonds. The van der Waals surface area contributed by atoms with E-state index in [0.717, 1.165) is 17.2 Å². The molecule has 0 aliphatic carbocycles. The van der Waals surface area contributed by atoms with Gasteiger partial charge in [-0.2, -0.15) is 0 Å². The summed E-state index contributed by atoms with van der Waals surface area (Å²) in [4.78, 5) is 0. The van der Waals surface area contributed by atoms with Gasteiger partial charge in [-0.05, 0) is 36.9 Å². The first-order chi connectivity index (χ1) is 9.74. The van der Waals surface area contributed by atoms with Crippen molar-refractivity contribution in [3.8, 4) is 0 Å². The molecule has 1 aromatic carbocycles. The normalized spacial score (nSPS) is 15.7. The van der Waals surface area contributed by atoms with Gasteiger partial charge in [0.1, 0.15) is 0 Å². The molecule has 0 radical (unpaired) electrons. The van der Waals surface area contributed by atoms with Gasteiger partial charge >= 0.3 is 0 Å². The highest BCUT2D eigenvalue weighted by molar-refractivity contribution is 7.87. The summed E-state index contributed by atoms with van der Waals surface area (Å²) in [5.74, 6) is 0. The quantitative estimate of drug-likeness (QED) is 0.838. The number of rotatable bonds is 7. The van der Waals surface area contributed by atoms with Crippen molar-refractivity contribution in [3.63, 3.8) is 0 Å².